The van der Waals surface area contributed by atoms with Crippen LogP contribution in [0.25, 0.3) is 10.6 Å². The summed E-state index contributed by atoms with van der Waals surface area (Å²) in [6, 6.07) is 18.1. The first-order chi connectivity index (χ1) is 14.6. The molecule has 0 aliphatic carbocycles. The van der Waals surface area contributed by atoms with Crippen molar-refractivity contribution in [2.75, 3.05) is 20.1 Å². The van der Waals surface area contributed by atoms with E-state index in [0.29, 0.717) is 17.5 Å². The highest BCUT2D eigenvalue weighted by molar-refractivity contribution is 7.17. The summed E-state index contributed by atoms with van der Waals surface area (Å²) in [6.07, 6.45) is 3.47. The lowest BCUT2D eigenvalue weighted by Gasteiger charge is -2.19. The van der Waals surface area contributed by atoms with Crippen LogP contribution >= 0.6 is 11.3 Å². The fourth-order valence-corrected chi connectivity index (χ4v) is 4.79. The van der Waals surface area contributed by atoms with Gasteiger partial charge in [0, 0.05) is 18.2 Å². The lowest BCUT2D eigenvalue weighted by molar-refractivity contribution is 0.0953. The van der Waals surface area contributed by atoms with E-state index in [2.05, 4.69) is 22.2 Å². The van der Waals surface area contributed by atoms with Crippen LogP contribution in [0.15, 0.2) is 54.6 Å². The van der Waals surface area contributed by atoms with Crippen molar-refractivity contribution in [1.82, 2.24) is 15.2 Å². The van der Waals surface area contributed by atoms with Gasteiger partial charge in [-0.05, 0) is 76.2 Å². The van der Waals surface area contributed by atoms with Gasteiger partial charge in [-0.15, -0.1) is 11.3 Å². The predicted molar refractivity (Wildman–Crippen MR) is 121 cm³/mol. The SMILES string of the molecule is Cc1nc(-c2ccc(Oc3ccccc3)cc2)sc1C(=O)NCCC1CCCN1C. The van der Waals surface area contributed by atoms with Crippen LogP contribution in [0.5, 0.6) is 11.5 Å². The Kier molecular flexibility index (Phi) is 6.45. The number of aryl methyl sites for hydroxylation is 1. The number of hydrogen-bond donors (Lipinski definition) is 1. The van der Waals surface area contributed by atoms with Crippen LogP contribution in [-0.2, 0) is 0 Å². The average Bonchev–Trinajstić information content (AvgIpc) is 3.35. The Labute approximate surface area is 181 Å². The van der Waals surface area contributed by atoms with Gasteiger partial charge in [-0.1, -0.05) is 18.2 Å². The standard InChI is InChI=1S/C24H27N3O2S/c1-17-22(23(28)25-15-14-19-7-6-16-27(19)2)30-24(26-17)18-10-12-21(13-11-18)29-20-8-4-3-5-9-20/h3-5,8-13,19H,6-7,14-16H2,1-2H3,(H,25,28). The van der Waals surface area contributed by atoms with E-state index < -0.39 is 0 Å². The van der Waals surface area contributed by atoms with E-state index in [1.54, 1.807) is 0 Å². The highest BCUT2D eigenvalue weighted by atomic mass is 32.1. The van der Waals surface area contributed by atoms with E-state index in [1.807, 2.05) is 61.5 Å². The molecule has 4 rings (SSSR count). The summed E-state index contributed by atoms with van der Waals surface area (Å²) in [6.45, 7) is 3.75. The molecule has 2 aromatic carbocycles. The molecule has 3 aromatic rings. The predicted octanol–water partition coefficient (Wildman–Crippen LogP) is 5.12. The zero-order valence-electron chi connectivity index (χ0n) is 17.4. The van der Waals surface area contributed by atoms with Crippen LogP contribution in [0.1, 0.15) is 34.6 Å². The molecule has 1 saturated heterocycles. The smallest absolute Gasteiger partial charge is 0.263 e. The molecule has 1 aliphatic heterocycles. The molecule has 1 amide bonds. The van der Waals surface area contributed by atoms with E-state index in [-0.39, 0.29) is 5.91 Å². The lowest BCUT2D eigenvalue weighted by atomic mass is 10.1. The number of aromatic nitrogens is 1. The Morgan fingerprint density at radius 2 is 1.90 bits per heavy atom. The molecule has 1 unspecified atom stereocenters. The summed E-state index contributed by atoms with van der Waals surface area (Å²) in [5.74, 6) is 1.55. The first-order valence-corrected chi connectivity index (χ1v) is 11.2. The molecule has 1 aromatic heterocycles. The van der Waals surface area contributed by atoms with Crippen molar-refractivity contribution in [3.63, 3.8) is 0 Å². The van der Waals surface area contributed by atoms with Crippen LogP contribution < -0.4 is 10.1 Å². The van der Waals surface area contributed by atoms with Gasteiger partial charge in [0.25, 0.3) is 5.91 Å². The van der Waals surface area contributed by atoms with Gasteiger partial charge in [-0.3, -0.25) is 4.79 Å². The molecule has 1 N–H and O–H groups in total. The summed E-state index contributed by atoms with van der Waals surface area (Å²) in [5, 5.41) is 3.92. The van der Waals surface area contributed by atoms with Crippen molar-refractivity contribution in [3.8, 4) is 22.1 Å². The van der Waals surface area contributed by atoms with Crippen molar-refractivity contribution in [2.24, 2.45) is 0 Å². The molecule has 6 heteroatoms. The van der Waals surface area contributed by atoms with E-state index in [9.17, 15) is 4.79 Å². The minimum absolute atomic E-state index is 0.0269. The molecule has 5 nitrogen and oxygen atoms in total. The Morgan fingerprint density at radius 1 is 1.17 bits per heavy atom. The van der Waals surface area contributed by atoms with E-state index in [4.69, 9.17) is 4.74 Å². The second kappa shape index (κ2) is 9.41. The topological polar surface area (TPSA) is 54.5 Å². The first kappa shape index (κ1) is 20.6. The lowest BCUT2D eigenvalue weighted by Crippen LogP contribution is -2.31. The summed E-state index contributed by atoms with van der Waals surface area (Å²) < 4.78 is 5.85. The summed E-state index contributed by atoms with van der Waals surface area (Å²) in [5.41, 5.74) is 1.75. The van der Waals surface area contributed by atoms with Gasteiger partial charge in [-0.25, -0.2) is 4.98 Å². The molecule has 2 heterocycles. The third-order valence-electron chi connectivity index (χ3n) is 5.52. The Hall–Kier alpha value is -2.70. The quantitative estimate of drug-likeness (QED) is 0.575. The molecule has 1 fully saturated rings. The van der Waals surface area contributed by atoms with Gasteiger partial charge in [0.15, 0.2) is 0 Å². The fraction of sp³-hybridized carbons (Fsp3) is 0.333. The number of carbonyl (C=O) groups excluding carboxylic acids is 1. The summed E-state index contributed by atoms with van der Waals surface area (Å²) >= 11 is 1.44. The van der Waals surface area contributed by atoms with Crippen molar-refractivity contribution in [3.05, 3.63) is 65.2 Å². The highest BCUT2D eigenvalue weighted by Gasteiger charge is 2.21. The number of benzene rings is 2. The minimum Gasteiger partial charge on any atom is -0.457 e. The molecule has 0 bridgehead atoms. The highest BCUT2D eigenvalue weighted by Crippen LogP contribution is 2.30. The van der Waals surface area contributed by atoms with Crippen LogP contribution in [0.3, 0.4) is 0 Å². The number of ether oxygens (including phenoxy) is 1. The first-order valence-electron chi connectivity index (χ1n) is 10.4. The average molecular weight is 422 g/mol. The Morgan fingerprint density at radius 3 is 2.60 bits per heavy atom. The molecular weight excluding hydrogens is 394 g/mol. The molecule has 156 valence electrons. The molecule has 1 atom stereocenters. The fourth-order valence-electron chi connectivity index (χ4n) is 3.80. The normalized spacial score (nSPS) is 16.5. The third kappa shape index (κ3) is 4.89. The van der Waals surface area contributed by atoms with Gasteiger partial charge in [0.2, 0.25) is 0 Å². The molecule has 0 spiro atoms. The maximum Gasteiger partial charge on any atom is 0.263 e. The van der Waals surface area contributed by atoms with Crippen LogP contribution in [0.4, 0.5) is 0 Å². The number of amides is 1. The third-order valence-corrected chi connectivity index (χ3v) is 6.72. The number of nitrogens with zero attached hydrogens (tertiary/aromatic N) is 2. The second-order valence-corrected chi connectivity index (χ2v) is 8.69. The molecule has 30 heavy (non-hydrogen) atoms. The summed E-state index contributed by atoms with van der Waals surface area (Å²) in [7, 11) is 2.16. The van der Waals surface area contributed by atoms with Crippen molar-refractivity contribution >= 4 is 17.2 Å². The van der Waals surface area contributed by atoms with Gasteiger partial charge < -0.3 is 15.0 Å². The molecular formula is C24H27N3O2S. The number of hydrogen-bond acceptors (Lipinski definition) is 5. The number of carbonyl (C=O) groups is 1. The number of rotatable bonds is 7. The molecule has 0 saturated carbocycles. The van der Waals surface area contributed by atoms with Crippen molar-refractivity contribution < 1.29 is 9.53 Å². The number of thiazole rings is 1. The monoisotopic (exact) mass is 421 g/mol. The van der Waals surface area contributed by atoms with E-state index in [1.165, 1.54) is 24.2 Å². The maximum absolute atomic E-state index is 12.6. The van der Waals surface area contributed by atoms with Crippen molar-refractivity contribution in [1.29, 1.82) is 0 Å². The minimum atomic E-state index is -0.0269. The van der Waals surface area contributed by atoms with Gasteiger partial charge in [0.05, 0.1) is 5.69 Å². The van der Waals surface area contributed by atoms with Gasteiger partial charge in [0.1, 0.15) is 21.4 Å². The van der Waals surface area contributed by atoms with Crippen LogP contribution in [0.2, 0.25) is 0 Å². The van der Waals surface area contributed by atoms with Gasteiger partial charge in [-0.2, -0.15) is 0 Å². The molecule has 0 radical (unpaired) electrons. The van der Waals surface area contributed by atoms with Crippen LogP contribution in [-0.4, -0.2) is 42.0 Å². The maximum atomic E-state index is 12.6. The largest absolute Gasteiger partial charge is 0.457 e. The zero-order valence-corrected chi connectivity index (χ0v) is 18.2. The van der Waals surface area contributed by atoms with Gasteiger partial charge >= 0.3 is 0 Å². The van der Waals surface area contributed by atoms with Crippen LogP contribution in [0, 0.1) is 6.92 Å². The zero-order chi connectivity index (χ0) is 20.9. The van der Waals surface area contributed by atoms with Crippen molar-refractivity contribution in [2.45, 2.75) is 32.2 Å². The number of nitrogens with one attached hydrogen (secondary N) is 1. The van der Waals surface area contributed by atoms with E-state index >= 15 is 0 Å². The Balaban J connectivity index is 1.37. The second-order valence-electron chi connectivity index (χ2n) is 7.69. The number of likely N-dealkylation sites (tertiary alicyclic amines) is 1. The molecule has 1 aliphatic rings. The summed E-state index contributed by atoms with van der Waals surface area (Å²) in [4.78, 5) is 20.3. The van der Waals surface area contributed by atoms with E-state index in [0.717, 1.165) is 40.7 Å². The number of para-hydroxylation sites is 1. The Bertz CT molecular complexity index is 985.